The highest BCUT2D eigenvalue weighted by Gasteiger charge is 2.23. The van der Waals surface area contributed by atoms with Gasteiger partial charge in [0, 0.05) is 6.54 Å². The number of likely N-dealkylation sites (tertiary alicyclic amines) is 1. The molecule has 5 nitrogen and oxygen atoms in total. The Kier molecular flexibility index (Phi) is 6.83. The Bertz CT molecular complexity index is 660. The Morgan fingerprint density at radius 1 is 1.27 bits per heavy atom. The first-order valence-electron chi connectivity index (χ1n) is 9.91. The summed E-state index contributed by atoms with van der Waals surface area (Å²) in [6, 6.07) is 0. The molecule has 1 N–H and O–H groups in total. The van der Waals surface area contributed by atoms with E-state index in [9.17, 15) is 0 Å². The quantitative estimate of drug-likeness (QED) is 0.744. The van der Waals surface area contributed by atoms with Gasteiger partial charge < -0.3 is 4.90 Å². The van der Waals surface area contributed by atoms with Crippen LogP contribution in [0.25, 0.3) is 0 Å². The molecule has 0 amide bonds. The summed E-state index contributed by atoms with van der Waals surface area (Å²) in [6.07, 6.45) is 17.8. The fourth-order valence-corrected chi connectivity index (χ4v) is 3.47. The monoisotopic (exact) mass is 353 g/mol. The minimum absolute atomic E-state index is 0.714. The number of amidine groups is 2. The second-order valence-electron chi connectivity index (χ2n) is 6.79. The summed E-state index contributed by atoms with van der Waals surface area (Å²) in [5, 5.41) is 2.05. The number of allylic oxidation sites excluding steroid dienone is 3. The van der Waals surface area contributed by atoms with Gasteiger partial charge in [-0.15, -0.1) is 0 Å². The summed E-state index contributed by atoms with van der Waals surface area (Å²) in [5.41, 5.74) is 5.79. The molecule has 0 aliphatic carbocycles. The number of hydrogen-bond acceptors (Lipinski definition) is 4. The maximum atomic E-state index is 4.77. The zero-order chi connectivity index (χ0) is 18.2. The average Bonchev–Trinajstić information content (AvgIpc) is 2.69. The van der Waals surface area contributed by atoms with Gasteiger partial charge in [-0.2, -0.15) is 0 Å². The number of nitrogens with zero attached hydrogens (tertiary/aromatic N) is 4. The molecule has 0 spiro atoms. The molecule has 0 atom stereocenters. The lowest BCUT2D eigenvalue weighted by Gasteiger charge is -2.34. The lowest BCUT2D eigenvalue weighted by molar-refractivity contribution is 0.235. The maximum absolute atomic E-state index is 4.77. The molecular weight excluding hydrogens is 322 g/mol. The highest BCUT2D eigenvalue weighted by Crippen LogP contribution is 2.21. The molecule has 3 heterocycles. The molecule has 1 fully saturated rings. The molecule has 0 aromatic rings. The number of fused-ring (bicyclic) bond motifs is 1. The van der Waals surface area contributed by atoms with Crippen molar-refractivity contribution in [3.8, 4) is 0 Å². The Morgan fingerprint density at radius 3 is 2.88 bits per heavy atom. The van der Waals surface area contributed by atoms with E-state index in [1.807, 2.05) is 6.08 Å². The van der Waals surface area contributed by atoms with E-state index in [4.69, 9.17) is 4.99 Å². The van der Waals surface area contributed by atoms with E-state index in [2.05, 4.69) is 64.6 Å². The number of aliphatic imine (C=N–C) groups is 2. The number of nitrogens with one attached hydrogen (secondary N) is 1. The molecule has 0 radical (unpaired) electrons. The van der Waals surface area contributed by atoms with Crippen LogP contribution in [0.15, 0.2) is 57.7 Å². The average molecular weight is 354 g/mol. The highest BCUT2D eigenvalue weighted by molar-refractivity contribution is 6.07. The minimum Gasteiger partial charge on any atom is -0.301 e. The molecule has 0 aromatic carbocycles. The lowest BCUT2D eigenvalue weighted by atomic mass is 10.1. The summed E-state index contributed by atoms with van der Waals surface area (Å²) in [4.78, 5) is 11.9. The number of rotatable bonds is 6. The van der Waals surface area contributed by atoms with E-state index in [0.717, 1.165) is 36.9 Å². The second kappa shape index (κ2) is 9.53. The molecule has 0 saturated carbocycles. The topological polar surface area (TPSA) is 43.2 Å². The van der Waals surface area contributed by atoms with Crippen LogP contribution >= 0.6 is 0 Å². The van der Waals surface area contributed by atoms with Crippen LogP contribution in [0, 0.1) is 0 Å². The standard InChI is InChI=1S/C21H31N5/c1-3-5-9-18(4-2)19-12-13-23-21-11-10-20(24-26(19)21)22-14-17-25-15-7-6-8-16-25/h4-5,9-12H,3,6-8,13-17H2,1-2H3,(H,22,24)/b9-5-,18-4+. The Balaban J connectivity index is 1.65. The van der Waals surface area contributed by atoms with E-state index >= 15 is 0 Å². The van der Waals surface area contributed by atoms with Gasteiger partial charge in [0.25, 0.3) is 0 Å². The molecule has 0 aromatic heterocycles. The van der Waals surface area contributed by atoms with Crippen LogP contribution in [-0.2, 0) is 0 Å². The fraction of sp³-hybridized carbons (Fsp3) is 0.524. The van der Waals surface area contributed by atoms with E-state index in [1.54, 1.807) is 0 Å². The van der Waals surface area contributed by atoms with Crippen LogP contribution < -0.4 is 5.43 Å². The van der Waals surface area contributed by atoms with Gasteiger partial charge in [0.15, 0.2) is 0 Å². The van der Waals surface area contributed by atoms with E-state index in [1.165, 1.54) is 37.9 Å². The van der Waals surface area contributed by atoms with Crippen molar-refractivity contribution >= 4 is 11.7 Å². The van der Waals surface area contributed by atoms with Crippen LogP contribution in [0.4, 0.5) is 0 Å². The van der Waals surface area contributed by atoms with Crippen LogP contribution in [0.1, 0.15) is 39.5 Å². The van der Waals surface area contributed by atoms with Crippen molar-refractivity contribution in [1.29, 1.82) is 0 Å². The third-order valence-corrected chi connectivity index (χ3v) is 4.91. The number of hydrogen-bond donors (Lipinski definition) is 1. The van der Waals surface area contributed by atoms with Crippen molar-refractivity contribution in [2.75, 3.05) is 32.7 Å². The van der Waals surface area contributed by atoms with Crippen LogP contribution in [0.5, 0.6) is 0 Å². The smallest absolute Gasteiger partial charge is 0.147 e. The Labute approximate surface area is 157 Å². The van der Waals surface area contributed by atoms with Crippen LogP contribution in [0.2, 0.25) is 0 Å². The third kappa shape index (κ3) is 4.73. The van der Waals surface area contributed by atoms with E-state index < -0.39 is 0 Å². The molecule has 5 heteroatoms. The molecule has 3 aliphatic rings. The van der Waals surface area contributed by atoms with Crippen LogP contribution in [0.3, 0.4) is 0 Å². The zero-order valence-corrected chi connectivity index (χ0v) is 16.1. The van der Waals surface area contributed by atoms with Gasteiger partial charge >= 0.3 is 0 Å². The van der Waals surface area contributed by atoms with Gasteiger partial charge in [-0.3, -0.25) is 15.4 Å². The van der Waals surface area contributed by atoms with Crippen molar-refractivity contribution in [2.24, 2.45) is 9.98 Å². The molecule has 1 saturated heterocycles. The largest absolute Gasteiger partial charge is 0.301 e. The molecule has 3 aliphatic heterocycles. The van der Waals surface area contributed by atoms with Crippen molar-refractivity contribution in [2.45, 2.75) is 39.5 Å². The molecule has 0 unspecified atom stereocenters. The lowest BCUT2D eigenvalue weighted by Crippen LogP contribution is -2.48. The first-order chi connectivity index (χ1) is 12.8. The first kappa shape index (κ1) is 18.6. The van der Waals surface area contributed by atoms with Crippen LogP contribution in [-0.4, -0.2) is 54.3 Å². The number of hydrazine groups is 1. The van der Waals surface area contributed by atoms with Gasteiger partial charge in [0.05, 0.1) is 18.8 Å². The molecule has 3 rings (SSSR count). The van der Waals surface area contributed by atoms with Crippen molar-refractivity contribution in [1.82, 2.24) is 15.3 Å². The predicted octanol–water partition coefficient (Wildman–Crippen LogP) is 3.46. The maximum Gasteiger partial charge on any atom is 0.147 e. The van der Waals surface area contributed by atoms with Gasteiger partial charge in [-0.1, -0.05) is 31.6 Å². The molecule has 140 valence electrons. The van der Waals surface area contributed by atoms with Gasteiger partial charge in [-0.25, -0.2) is 5.01 Å². The summed E-state index contributed by atoms with van der Waals surface area (Å²) >= 11 is 0. The third-order valence-electron chi connectivity index (χ3n) is 4.91. The fourth-order valence-electron chi connectivity index (χ4n) is 3.47. The summed E-state index contributed by atoms with van der Waals surface area (Å²) < 4.78 is 0. The summed E-state index contributed by atoms with van der Waals surface area (Å²) in [6.45, 7) is 9.26. The SMILES string of the molecule is C/C=C(\C=C/CC)C1=CCN=C2C=CC(=NCCN3CCCCC3)NN12. The van der Waals surface area contributed by atoms with Gasteiger partial charge in [0.2, 0.25) is 0 Å². The van der Waals surface area contributed by atoms with E-state index in [-0.39, 0.29) is 0 Å². The first-order valence-corrected chi connectivity index (χ1v) is 9.91. The van der Waals surface area contributed by atoms with Crippen molar-refractivity contribution < 1.29 is 0 Å². The molecule has 26 heavy (non-hydrogen) atoms. The minimum atomic E-state index is 0.714. The number of piperidine rings is 1. The second-order valence-corrected chi connectivity index (χ2v) is 6.79. The summed E-state index contributed by atoms with van der Waals surface area (Å²) in [7, 11) is 0. The highest BCUT2D eigenvalue weighted by atomic mass is 15.6. The van der Waals surface area contributed by atoms with Crippen molar-refractivity contribution in [3.63, 3.8) is 0 Å². The van der Waals surface area contributed by atoms with Gasteiger partial charge in [0.1, 0.15) is 11.7 Å². The Morgan fingerprint density at radius 2 is 2.12 bits per heavy atom. The normalized spacial score (nSPS) is 23.1. The zero-order valence-electron chi connectivity index (χ0n) is 16.1. The summed E-state index contributed by atoms with van der Waals surface area (Å²) in [5.74, 6) is 1.85. The predicted molar refractivity (Wildman–Crippen MR) is 110 cm³/mol. The molecule has 0 bridgehead atoms. The molecular formula is C21H31N5. The van der Waals surface area contributed by atoms with Crippen molar-refractivity contribution in [3.05, 3.63) is 47.7 Å². The van der Waals surface area contributed by atoms with Gasteiger partial charge in [-0.05, 0) is 63.1 Å². The Hall–Kier alpha value is -2.14. The van der Waals surface area contributed by atoms with E-state index in [0.29, 0.717) is 6.54 Å².